The van der Waals surface area contributed by atoms with Gasteiger partial charge in [-0.3, -0.25) is 9.59 Å². The van der Waals surface area contributed by atoms with Crippen molar-refractivity contribution >= 4 is 23.4 Å². The van der Waals surface area contributed by atoms with Crippen molar-refractivity contribution in [1.82, 2.24) is 10.2 Å². The van der Waals surface area contributed by atoms with E-state index in [9.17, 15) is 9.59 Å². The van der Waals surface area contributed by atoms with Gasteiger partial charge in [-0.15, -0.1) is 0 Å². The van der Waals surface area contributed by atoms with E-state index < -0.39 is 6.04 Å². The summed E-state index contributed by atoms with van der Waals surface area (Å²) >= 11 is 6.21. The monoisotopic (exact) mass is 430 g/mol. The molecule has 0 aromatic heterocycles. The van der Waals surface area contributed by atoms with E-state index in [1.807, 2.05) is 65.0 Å². The number of hydrogen-bond donors (Lipinski definition) is 1. The molecule has 0 saturated heterocycles. The maximum Gasteiger partial charge on any atom is 0.261 e. The van der Waals surface area contributed by atoms with Gasteiger partial charge in [-0.25, -0.2) is 0 Å². The summed E-state index contributed by atoms with van der Waals surface area (Å²) in [5.41, 5.74) is 2.33. The van der Waals surface area contributed by atoms with Crippen LogP contribution in [0.25, 0.3) is 0 Å². The molecule has 0 aliphatic rings. The summed E-state index contributed by atoms with van der Waals surface area (Å²) in [5.74, 6) is 0.111. The molecule has 2 rings (SSSR count). The highest BCUT2D eigenvalue weighted by atomic mass is 35.5. The number of hydrogen-bond acceptors (Lipinski definition) is 3. The summed E-state index contributed by atoms with van der Waals surface area (Å²) in [7, 11) is 0. The molecule has 0 unspecified atom stereocenters. The quantitative estimate of drug-likeness (QED) is 0.694. The minimum atomic E-state index is -0.644. The predicted molar refractivity (Wildman–Crippen MR) is 121 cm³/mol. The molecule has 1 atom stereocenters. The van der Waals surface area contributed by atoms with Gasteiger partial charge in [-0.05, 0) is 70.4 Å². The Hall–Kier alpha value is -2.53. The lowest BCUT2D eigenvalue weighted by atomic mass is 10.1. The molecule has 6 heteroatoms. The van der Waals surface area contributed by atoms with Crippen LogP contribution < -0.4 is 10.1 Å². The van der Waals surface area contributed by atoms with E-state index in [4.69, 9.17) is 16.3 Å². The van der Waals surface area contributed by atoms with E-state index in [1.165, 1.54) is 0 Å². The van der Waals surface area contributed by atoms with Crippen LogP contribution in [0, 0.1) is 13.8 Å². The maximum atomic E-state index is 13.1. The Labute approximate surface area is 184 Å². The van der Waals surface area contributed by atoms with Gasteiger partial charge < -0.3 is 15.0 Å². The Bertz CT molecular complexity index is 868. The smallest absolute Gasteiger partial charge is 0.261 e. The van der Waals surface area contributed by atoms with Gasteiger partial charge in [0.25, 0.3) is 5.91 Å². The van der Waals surface area contributed by atoms with Crippen molar-refractivity contribution in [2.45, 2.75) is 59.7 Å². The normalized spacial score (nSPS) is 12.2. The van der Waals surface area contributed by atoms with Crippen molar-refractivity contribution in [1.29, 1.82) is 0 Å². The number of benzene rings is 2. The molecule has 5 nitrogen and oxygen atoms in total. The van der Waals surface area contributed by atoms with Gasteiger partial charge in [-0.2, -0.15) is 0 Å². The summed E-state index contributed by atoms with van der Waals surface area (Å²) < 4.78 is 5.75. The number of carbonyl (C=O) groups excluding carboxylic acids is 2. The third-order valence-corrected chi connectivity index (χ3v) is 5.23. The Morgan fingerprint density at radius 2 is 1.67 bits per heavy atom. The van der Waals surface area contributed by atoms with Crippen LogP contribution in [0.15, 0.2) is 42.5 Å². The fourth-order valence-electron chi connectivity index (χ4n) is 3.05. The van der Waals surface area contributed by atoms with E-state index in [0.717, 1.165) is 16.7 Å². The first-order valence-corrected chi connectivity index (χ1v) is 10.4. The number of rotatable bonds is 7. The fourth-order valence-corrected chi connectivity index (χ4v) is 3.16. The molecule has 0 fully saturated rings. The van der Waals surface area contributed by atoms with Crippen LogP contribution in [0.4, 0.5) is 0 Å². The van der Waals surface area contributed by atoms with Gasteiger partial charge in [0.05, 0.1) is 0 Å². The van der Waals surface area contributed by atoms with Crippen LogP contribution in [-0.2, 0) is 16.1 Å². The Morgan fingerprint density at radius 1 is 1.10 bits per heavy atom. The molecule has 1 N–H and O–H groups in total. The van der Waals surface area contributed by atoms with Gasteiger partial charge in [0.2, 0.25) is 5.91 Å². The highest BCUT2D eigenvalue weighted by Crippen LogP contribution is 2.26. The van der Waals surface area contributed by atoms with Crippen molar-refractivity contribution in [2.75, 3.05) is 6.61 Å². The van der Waals surface area contributed by atoms with Gasteiger partial charge in [-0.1, -0.05) is 41.9 Å². The number of aryl methyl sites for hydroxylation is 2. The number of halogens is 1. The topological polar surface area (TPSA) is 58.6 Å². The molecule has 0 aliphatic heterocycles. The van der Waals surface area contributed by atoms with Crippen molar-refractivity contribution in [2.24, 2.45) is 0 Å². The molecule has 30 heavy (non-hydrogen) atoms. The average Bonchev–Trinajstić information content (AvgIpc) is 2.67. The fraction of sp³-hybridized carbons (Fsp3) is 0.417. The summed E-state index contributed by atoms with van der Waals surface area (Å²) in [6, 6.07) is 12.6. The second-order valence-electron chi connectivity index (χ2n) is 8.58. The van der Waals surface area contributed by atoms with Crippen LogP contribution in [0.2, 0.25) is 5.02 Å². The minimum Gasteiger partial charge on any atom is -0.484 e. The highest BCUT2D eigenvalue weighted by molar-refractivity contribution is 6.32. The number of nitrogens with zero attached hydrogens (tertiary/aromatic N) is 1. The van der Waals surface area contributed by atoms with Crippen molar-refractivity contribution in [3.63, 3.8) is 0 Å². The first-order valence-electron chi connectivity index (χ1n) is 10.0. The van der Waals surface area contributed by atoms with E-state index >= 15 is 0 Å². The SMILES string of the molecule is Cc1cc(OCC(=O)N(Cc2ccccc2)[C@@H](C)C(=O)NC(C)(C)C)cc(C)c1Cl. The van der Waals surface area contributed by atoms with Crippen LogP contribution in [0.5, 0.6) is 5.75 Å². The zero-order valence-electron chi connectivity index (χ0n) is 18.6. The summed E-state index contributed by atoms with van der Waals surface area (Å²) in [4.78, 5) is 27.3. The summed E-state index contributed by atoms with van der Waals surface area (Å²) in [5, 5.41) is 3.63. The third kappa shape index (κ3) is 6.77. The van der Waals surface area contributed by atoms with E-state index in [0.29, 0.717) is 17.3 Å². The van der Waals surface area contributed by atoms with Crippen molar-refractivity contribution in [3.05, 3.63) is 64.2 Å². The summed E-state index contributed by atoms with van der Waals surface area (Å²) in [6.45, 7) is 11.4. The lowest BCUT2D eigenvalue weighted by Crippen LogP contribution is -2.53. The molecule has 0 heterocycles. The standard InChI is InChI=1S/C24H31ClN2O3/c1-16-12-20(13-17(2)22(16)25)30-15-21(28)27(14-19-10-8-7-9-11-19)18(3)23(29)26-24(4,5)6/h7-13,18H,14-15H2,1-6H3,(H,26,29)/t18-/m0/s1. The van der Waals surface area contributed by atoms with Crippen LogP contribution in [0.1, 0.15) is 44.4 Å². The van der Waals surface area contributed by atoms with Crippen LogP contribution >= 0.6 is 11.6 Å². The Kier molecular flexibility index (Phi) is 7.90. The lowest BCUT2D eigenvalue weighted by Gasteiger charge is -2.31. The number of carbonyl (C=O) groups is 2. The van der Waals surface area contributed by atoms with Crippen molar-refractivity contribution < 1.29 is 14.3 Å². The van der Waals surface area contributed by atoms with Gasteiger partial charge in [0.1, 0.15) is 11.8 Å². The third-order valence-electron chi connectivity index (χ3n) is 4.63. The lowest BCUT2D eigenvalue weighted by molar-refractivity contribution is -0.142. The molecule has 0 bridgehead atoms. The van der Waals surface area contributed by atoms with Crippen molar-refractivity contribution in [3.8, 4) is 5.75 Å². The zero-order chi connectivity index (χ0) is 22.5. The van der Waals surface area contributed by atoms with Gasteiger partial charge in [0.15, 0.2) is 6.61 Å². The summed E-state index contributed by atoms with van der Waals surface area (Å²) in [6.07, 6.45) is 0. The highest BCUT2D eigenvalue weighted by Gasteiger charge is 2.28. The van der Waals surface area contributed by atoms with Crippen LogP contribution in [-0.4, -0.2) is 34.9 Å². The Morgan fingerprint density at radius 3 is 2.20 bits per heavy atom. The second kappa shape index (κ2) is 9.98. The molecular weight excluding hydrogens is 400 g/mol. The molecule has 0 spiro atoms. The maximum absolute atomic E-state index is 13.1. The molecular formula is C24H31ClN2O3. The average molecular weight is 431 g/mol. The predicted octanol–water partition coefficient (Wildman–Crippen LogP) is 4.67. The van der Waals surface area contributed by atoms with Gasteiger partial charge >= 0.3 is 0 Å². The van der Waals surface area contributed by atoms with Gasteiger partial charge in [0, 0.05) is 17.1 Å². The number of amides is 2. The molecule has 0 saturated carbocycles. The largest absolute Gasteiger partial charge is 0.484 e. The van der Waals surface area contributed by atoms with E-state index in [-0.39, 0.29) is 24.0 Å². The van der Waals surface area contributed by atoms with Crippen LogP contribution in [0.3, 0.4) is 0 Å². The first kappa shape index (κ1) is 23.7. The number of ether oxygens (including phenoxy) is 1. The molecule has 0 radical (unpaired) electrons. The molecule has 2 amide bonds. The molecule has 162 valence electrons. The Balaban J connectivity index is 2.18. The first-order chi connectivity index (χ1) is 14.0. The zero-order valence-corrected chi connectivity index (χ0v) is 19.3. The van der Waals surface area contributed by atoms with E-state index in [2.05, 4.69) is 5.32 Å². The second-order valence-corrected chi connectivity index (χ2v) is 8.96. The number of nitrogens with one attached hydrogen (secondary N) is 1. The molecule has 2 aromatic rings. The molecule has 0 aliphatic carbocycles. The molecule has 2 aromatic carbocycles. The minimum absolute atomic E-state index is 0.166. The van der Waals surface area contributed by atoms with E-state index in [1.54, 1.807) is 24.0 Å².